The summed E-state index contributed by atoms with van der Waals surface area (Å²) in [5, 5.41) is 2.48. The summed E-state index contributed by atoms with van der Waals surface area (Å²) >= 11 is 0. The fraction of sp³-hybridized carbons (Fsp3) is 0.750. The van der Waals surface area contributed by atoms with Gasteiger partial charge in [-0.1, -0.05) is 0 Å². The van der Waals surface area contributed by atoms with Crippen LogP contribution in [0.1, 0.15) is 6.92 Å². The third-order valence-corrected chi connectivity index (χ3v) is 2.25. The second kappa shape index (κ2) is 4.39. The Kier molecular flexibility index (Phi) is 3.43. The maximum atomic E-state index is 11.5. The molecule has 2 unspecified atom stereocenters. The van der Waals surface area contributed by atoms with E-state index < -0.39 is 11.9 Å². The minimum atomic E-state index is -0.671. The van der Waals surface area contributed by atoms with Crippen molar-refractivity contribution in [1.82, 2.24) is 5.32 Å². The van der Waals surface area contributed by atoms with Crippen LogP contribution in [-0.2, 0) is 14.3 Å². The molecule has 2 amide bonds. The lowest BCUT2D eigenvalue weighted by atomic mass is 10.0. The van der Waals surface area contributed by atoms with E-state index in [1.165, 1.54) is 6.92 Å². The van der Waals surface area contributed by atoms with Crippen LogP contribution in [0, 0.1) is 5.92 Å². The Morgan fingerprint density at radius 1 is 1.50 bits per heavy atom. The highest BCUT2D eigenvalue weighted by Crippen LogP contribution is 2.11. The van der Waals surface area contributed by atoms with Crippen LogP contribution < -0.4 is 16.8 Å². The maximum Gasteiger partial charge on any atom is 0.239 e. The third-order valence-electron chi connectivity index (χ3n) is 2.25. The van der Waals surface area contributed by atoms with Crippen molar-refractivity contribution in [2.45, 2.75) is 19.0 Å². The molecule has 1 saturated heterocycles. The van der Waals surface area contributed by atoms with E-state index in [1.807, 2.05) is 0 Å². The molecule has 1 aliphatic heterocycles. The molecule has 6 heteroatoms. The number of primary amides is 1. The van der Waals surface area contributed by atoms with Gasteiger partial charge >= 0.3 is 0 Å². The number of carbonyl (C=O) groups is 2. The van der Waals surface area contributed by atoms with Crippen LogP contribution in [-0.4, -0.2) is 37.1 Å². The highest BCUT2D eigenvalue weighted by Gasteiger charge is 2.32. The number of nitrogens with two attached hydrogens (primary N) is 2. The zero-order valence-corrected chi connectivity index (χ0v) is 8.03. The summed E-state index contributed by atoms with van der Waals surface area (Å²) in [4.78, 5) is 22.2. The maximum absolute atomic E-state index is 11.5. The predicted molar refractivity (Wildman–Crippen MR) is 49.1 cm³/mol. The van der Waals surface area contributed by atoms with Crippen molar-refractivity contribution in [3.8, 4) is 0 Å². The molecular weight excluding hydrogens is 186 g/mol. The van der Waals surface area contributed by atoms with E-state index >= 15 is 0 Å². The first kappa shape index (κ1) is 10.9. The van der Waals surface area contributed by atoms with E-state index in [9.17, 15) is 9.59 Å². The quantitative estimate of drug-likeness (QED) is 0.488. The number of ether oxygens (including phenoxy) is 1. The van der Waals surface area contributed by atoms with Crippen molar-refractivity contribution in [2.75, 3.05) is 13.2 Å². The summed E-state index contributed by atoms with van der Waals surface area (Å²) in [6.07, 6.45) is 0. The molecule has 0 aromatic rings. The van der Waals surface area contributed by atoms with Crippen molar-refractivity contribution in [3.63, 3.8) is 0 Å². The molecule has 3 atom stereocenters. The van der Waals surface area contributed by atoms with Gasteiger partial charge in [-0.25, -0.2) is 0 Å². The van der Waals surface area contributed by atoms with E-state index in [-0.39, 0.29) is 17.9 Å². The Morgan fingerprint density at radius 3 is 2.57 bits per heavy atom. The molecule has 0 aliphatic carbocycles. The van der Waals surface area contributed by atoms with Crippen LogP contribution in [0.25, 0.3) is 0 Å². The number of rotatable bonds is 3. The first-order valence-corrected chi connectivity index (χ1v) is 4.45. The predicted octanol–water partition coefficient (Wildman–Crippen LogP) is -2.05. The molecule has 0 bridgehead atoms. The van der Waals surface area contributed by atoms with Crippen molar-refractivity contribution in [3.05, 3.63) is 0 Å². The molecule has 0 aromatic heterocycles. The van der Waals surface area contributed by atoms with Gasteiger partial charge in [0.15, 0.2) is 0 Å². The van der Waals surface area contributed by atoms with Gasteiger partial charge in [-0.3, -0.25) is 9.59 Å². The van der Waals surface area contributed by atoms with Gasteiger partial charge in [0.05, 0.1) is 19.1 Å². The highest BCUT2D eigenvalue weighted by atomic mass is 16.5. The molecule has 14 heavy (non-hydrogen) atoms. The number of hydrogen-bond donors (Lipinski definition) is 3. The average Bonchev–Trinajstić information content (AvgIpc) is 2.51. The Bertz CT molecular complexity index is 244. The summed E-state index contributed by atoms with van der Waals surface area (Å²) in [6.45, 7) is 2.21. The zero-order chi connectivity index (χ0) is 10.7. The normalized spacial score (nSPS) is 28.4. The average molecular weight is 201 g/mol. The molecule has 5 N–H and O–H groups in total. The van der Waals surface area contributed by atoms with Crippen molar-refractivity contribution in [2.24, 2.45) is 17.4 Å². The fourth-order valence-electron chi connectivity index (χ4n) is 1.23. The highest BCUT2D eigenvalue weighted by molar-refractivity contribution is 5.87. The largest absolute Gasteiger partial charge is 0.379 e. The molecular formula is C8H15N3O3. The topological polar surface area (TPSA) is 107 Å². The molecule has 1 heterocycles. The molecule has 6 nitrogen and oxygen atoms in total. The van der Waals surface area contributed by atoms with E-state index in [0.29, 0.717) is 13.2 Å². The van der Waals surface area contributed by atoms with Gasteiger partial charge in [0.2, 0.25) is 11.8 Å². The number of carbonyl (C=O) groups excluding carboxylic acids is 2. The van der Waals surface area contributed by atoms with Gasteiger partial charge in [0, 0.05) is 6.04 Å². The molecule has 80 valence electrons. The molecule has 0 saturated carbocycles. The Hall–Kier alpha value is -1.14. The summed E-state index contributed by atoms with van der Waals surface area (Å²) in [7, 11) is 0. The molecule has 1 aliphatic rings. The van der Waals surface area contributed by atoms with Gasteiger partial charge in [-0.15, -0.1) is 0 Å². The van der Waals surface area contributed by atoms with Crippen LogP contribution in [0.3, 0.4) is 0 Å². The van der Waals surface area contributed by atoms with E-state index in [0.717, 1.165) is 0 Å². The lowest BCUT2D eigenvalue weighted by Crippen LogP contribution is -2.48. The molecule has 1 rings (SSSR count). The monoisotopic (exact) mass is 201 g/mol. The molecule has 1 fully saturated rings. The van der Waals surface area contributed by atoms with Crippen LogP contribution in [0.15, 0.2) is 0 Å². The minimum Gasteiger partial charge on any atom is -0.379 e. The number of nitrogens with one attached hydrogen (secondary N) is 1. The lowest BCUT2D eigenvalue weighted by Gasteiger charge is -2.16. The molecule has 0 spiro atoms. The number of amides is 2. The van der Waals surface area contributed by atoms with Crippen molar-refractivity contribution >= 4 is 11.8 Å². The van der Waals surface area contributed by atoms with Crippen LogP contribution in [0.4, 0.5) is 0 Å². The van der Waals surface area contributed by atoms with Gasteiger partial charge in [0.25, 0.3) is 0 Å². The molecule has 0 radical (unpaired) electrons. The first-order valence-electron chi connectivity index (χ1n) is 4.45. The smallest absolute Gasteiger partial charge is 0.239 e. The fourth-order valence-corrected chi connectivity index (χ4v) is 1.23. The van der Waals surface area contributed by atoms with Crippen LogP contribution >= 0.6 is 0 Å². The first-order chi connectivity index (χ1) is 6.52. The van der Waals surface area contributed by atoms with Gasteiger partial charge in [-0.2, -0.15) is 0 Å². The zero-order valence-electron chi connectivity index (χ0n) is 8.03. The van der Waals surface area contributed by atoms with Gasteiger partial charge in [0.1, 0.15) is 6.04 Å². The van der Waals surface area contributed by atoms with Gasteiger partial charge < -0.3 is 21.5 Å². The van der Waals surface area contributed by atoms with Crippen molar-refractivity contribution < 1.29 is 14.3 Å². The third kappa shape index (κ3) is 2.43. The lowest BCUT2D eigenvalue weighted by molar-refractivity contribution is -0.129. The van der Waals surface area contributed by atoms with Crippen molar-refractivity contribution in [1.29, 1.82) is 0 Å². The van der Waals surface area contributed by atoms with Crippen LogP contribution in [0.5, 0.6) is 0 Å². The Morgan fingerprint density at radius 2 is 2.14 bits per heavy atom. The second-order valence-corrected chi connectivity index (χ2v) is 3.44. The Balaban J connectivity index is 2.45. The summed E-state index contributed by atoms with van der Waals surface area (Å²) in [5.41, 5.74) is 10.6. The van der Waals surface area contributed by atoms with E-state index in [2.05, 4.69) is 5.32 Å². The minimum absolute atomic E-state index is 0.277. The van der Waals surface area contributed by atoms with E-state index in [4.69, 9.17) is 16.2 Å². The summed E-state index contributed by atoms with van der Waals surface area (Å²) < 4.78 is 5.03. The molecule has 0 aromatic carbocycles. The Labute approximate surface area is 82.0 Å². The van der Waals surface area contributed by atoms with E-state index in [1.54, 1.807) is 0 Å². The van der Waals surface area contributed by atoms with Gasteiger partial charge in [-0.05, 0) is 6.92 Å². The standard InChI is InChI=1S/C8H15N3O3/c1-4(7(10)12)11-8(13)5-2-14-3-6(5)9/h4-6H,2-3,9H2,1H3,(H2,10,12)(H,11,13)/t4-,5?,6?/m0/s1. The summed E-state index contributed by atoms with van der Waals surface area (Å²) in [5.74, 6) is -1.22. The SMILES string of the molecule is C[C@H](NC(=O)C1COCC1N)C(N)=O. The number of hydrogen-bond acceptors (Lipinski definition) is 4. The summed E-state index contributed by atoms with van der Waals surface area (Å²) in [6, 6.07) is -0.967. The second-order valence-electron chi connectivity index (χ2n) is 3.44. The van der Waals surface area contributed by atoms with Crippen LogP contribution in [0.2, 0.25) is 0 Å².